The molecule has 1 aromatic carbocycles. The van der Waals surface area contributed by atoms with E-state index in [4.69, 9.17) is 17.0 Å². The number of nitrogens with one attached hydrogen (secondary N) is 1. The fourth-order valence-electron chi connectivity index (χ4n) is 5.31. The minimum atomic E-state index is -0.00322. The number of thiocarbonyl (C=S) groups is 1. The molecule has 3 atom stereocenters. The first-order valence-corrected chi connectivity index (χ1v) is 12.4. The number of aromatic nitrogens is 2. The molecule has 33 heavy (non-hydrogen) atoms. The predicted octanol–water partition coefficient (Wildman–Crippen LogP) is 5.20. The molecule has 6 heteroatoms. The van der Waals surface area contributed by atoms with Gasteiger partial charge < -0.3 is 19.5 Å². The third-order valence-electron chi connectivity index (χ3n) is 7.01. The topological polar surface area (TPSA) is 42.3 Å². The zero-order chi connectivity index (χ0) is 22.9. The van der Waals surface area contributed by atoms with Gasteiger partial charge in [0, 0.05) is 36.4 Å². The van der Waals surface area contributed by atoms with Crippen molar-refractivity contribution in [1.82, 2.24) is 19.8 Å². The Morgan fingerprint density at radius 2 is 1.97 bits per heavy atom. The van der Waals surface area contributed by atoms with Crippen LogP contribution in [0.4, 0.5) is 0 Å². The van der Waals surface area contributed by atoms with Crippen molar-refractivity contribution >= 4 is 17.3 Å². The molecule has 2 saturated heterocycles. The van der Waals surface area contributed by atoms with Crippen molar-refractivity contribution in [3.8, 4) is 5.69 Å². The van der Waals surface area contributed by atoms with Gasteiger partial charge in [0.1, 0.15) is 0 Å². The van der Waals surface area contributed by atoms with E-state index in [1.54, 1.807) is 0 Å². The average Bonchev–Trinajstić information content (AvgIpc) is 3.54. The van der Waals surface area contributed by atoms with Gasteiger partial charge in [0.05, 0.1) is 23.9 Å². The Morgan fingerprint density at radius 1 is 1.15 bits per heavy atom. The molecule has 3 aromatic rings. The molecule has 172 valence electrons. The summed E-state index contributed by atoms with van der Waals surface area (Å²) in [5.41, 5.74) is 7.31. The van der Waals surface area contributed by atoms with Crippen molar-refractivity contribution < 1.29 is 4.74 Å². The van der Waals surface area contributed by atoms with Crippen LogP contribution in [0, 0.1) is 13.8 Å². The predicted molar refractivity (Wildman–Crippen MR) is 136 cm³/mol. The van der Waals surface area contributed by atoms with Crippen LogP contribution in [0.3, 0.4) is 0 Å². The van der Waals surface area contributed by atoms with Gasteiger partial charge in [-0.2, -0.15) is 0 Å². The Labute approximate surface area is 201 Å². The molecule has 0 bridgehead atoms. The van der Waals surface area contributed by atoms with Gasteiger partial charge in [-0.25, -0.2) is 0 Å². The van der Waals surface area contributed by atoms with Gasteiger partial charge in [0.2, 0.25) is 0 Å². The summed E-state index contributed by atoms with van der Waals surface area (Å²) in [6.07, 6.45) is 5.33. The number of rotatable bonds is 6. The lowest BCUT2D eigenvalue weighted by atomic mass is 9.96. The van der Waals surface area contributed by atoms with Crippen molar-refractivity contribution in [2.75, 3.05) is 13.2 Å². The maximum Gasteiger partial charge on any atom is 0.170 e. The molecule has 0 aliphatic carbocycles. The Kier molecular flexibility index (Phi) is 6.21. The molecule has 0 saturated carbocycles. The summed E-state index contributed by atoms with van der Waals surface area (Å²) >= 11 is 5.86. The monoisotopic (exact) mass is 460 g/mol. The number of hydrogen-bond donors (Lipinski definition) is 1. The molecule has 0 spiro atoms. The Bertz CT molecular complexity index is 1120. The van der Waals surface area contributed by atoms with Gasteiger partial charge in [-0.1, -0.05) is 25.1 Å². The summed E-state index contributed by atoms with van der Waals surface area (Å²) < 4.78 is 8.35. The van der Waals surface area contributed by atoms with Crippen LogP contribution in [0.25, 0.3) is 5.69 Å². The number of benzene rings is 1. The van der Waals surface area contributed by atoms with E-state index >= 15 is 0 Å². The number of pyridine rings is 1. The van der Waals surface area contributed by atoms with Crippen LogP contribution < -0.4 is 5.32 Å². The molecular weight excluding hydrogens is 428 g/mol. The van der Waals surface area contributed by atoms with Crippen molar-refractivity contribution in [3.05, 3.63) is 82.9 Å². The second-order valence-electron chi connectivity index (χ2n) is 9.10. The minimum absolute atomic E-state index is 0.00322. The highest BCUT2D eigenvalue weighted by Gasteiger charge is 2.42. The zero-order valence-electron chi connectivity index (χ0n) is 19.6. The molecule has 2 aromatic heterocycles. The third-order valence-corrected chi connectivity index (χ3v) is 7.37. The lowest BCUT2D eigenvalue weighted by Crippen LogP contribution is -2.36. The number of hydrogen-bond acceptors (Lipinski definition) is 3. The minimum Gasteiger partial charge on any atom is -0.376 e. The molecular formula is C27H32N4OS. The van der Waals surface area contributed by atoms with E-state index in [1.807, 2.05) is 18.3 Å². The zero-order valence-corrected chi connectivity index (χ0v) is 20.4. The molecule has 0 amide bonds. The highest BCUT2D eigenvalue weighted by atomic mass is 32.1. The molecule has 4 heterocycles. The molecule has 3 unspecified atom stereocenters. The average molecular weight is 461 g/mol. The molecule has 2 aliphatic rings. The molecule has 5 nitrogen and oxygen atoms in total. The molecule has 2 aliphatic heterocycles. The summed E-state index contributed by atoms with van der Waals surface area (Å²) in [6.45, 7) is 8.24. The highest BCUT2D eigenvalue weighted by molar-refractivity contribution is 7.80. The lowest BCUT2D eigenvalue weighted by molar-refractivity contribution is 0.0842. The summed E-state index contributed by atoms with van der Waals surface area (Å²) in [7, 11) is 0. The Balaban J connectivity index is 1.57. The first kappa shape index (κ1) is 22.1. The third kappa shape index (κ3) is 4.18. The highest BCUT2D eigenvalue weighted by Crippen LogP contribution is 2.42. The van der Waals surface area contributed by atoms with Crippen molar-refractivity contribution in [2.45, 2.75) is 58.2 Å². The lowest BCUT2D eigenvalue weighted by Gasteiger charge is -2.30. The molecule has 1 N–H and O–H groups in total. The second-order valence-corrected chi connectivity index (χ2v) is 9.48. The van der Waals surface area contributed by atoms with Crippen LogP contribution in [0.1, 0.15) is 60.1 Å². The maximum absolute atomic E-state index is 5.99. The fourth-order valence-corrected chi connectivity index (χ4v) is 5.63. The van der Waals surface area contributed by atoms with Crippen LogP contribution in [-0.2, 0) is 11.2 Å². The summed E-state index contributed by atoms with van der Waals surface area (Å²) in [5.74, 6) is 0. The van der Waals surface area contributed by atoms with Crippen LogP contribution in [0.2, 0.25) is 0 Å². The fraction of sp³-hybridized carbons (Fsp3) is 0.407. The van der Waals surface area contributed by atoms with Gasteiger partial charge in [-0.05, 0) is 86.8 Å². The van der Waals surface area contributed by atoms with Crippen LogP contribution in [-0.4, -0.2) is 38.8 Å². The van der Waals surface area contributed by atoms with E-state index in [9.17, 15) is 0 Å². The van der Waals surface area contributed by atoms with Crippen LogP contribution in [0.15, 0.2) is 54.7 Å². The van der Waals surface area contributed by atoms with Gasteiger partial charge in [0.15, 0.2) is 5.11 Å². The Hall–Kier alpha value is -2.70. The standard InChI is InChI=1S/C27H32N4OS/c1-4-20-10-12-21(13-11-20)31-18(2)16-23(19(31)3)26-25(24-9-5-6-14-28-24)29-27(33)30(26)17-22-8-7-15-32-22/h5-6,9-14,16,22,25-26H,4,7-8,15,17H2,1-3H3,(H,29,33). The normalized spacial score (nSPS) is 22.7. The van der Waals surface area contributed by atoms with E-state index in [-0.39, 0.29) is 18.2 Å². The van der Waals surface area contributed by atoms with E-state index in [2.05, 4.69) is 76.9 Å². The van der Waals surface area contributed by atoms with Gasteiger partial charge >= 0.3 is 0 Å². The smallest absolute Gasteiger partial charge is 0.170 e. The SMILES string of the molecule is CCc1ccc(-n2c(C)cc(C3C(c4ccccn4)NC(=S)N3CC3CCCO3)c2C)cc1. The molecule has 5 rings (SSSR count). The summed E-state index contributed by atoms with van der Waals surface area (Å²) in [4.78, 5) is 7.02. The molecule has 2 fully saturated rings. The largest absolute Gasteiger partial charge is 0.376 e. The maximum atomic E-state index is 5.99. The van der Waals surface area contributed by atoms with E-state index in [0.717, 1.165) is 43.2 Å². The van der Waals surface area contributed by atoms with Crippen molar-refractivity contribution in [1.29, 1.82) is 0 Å². The number of ether oxygens (including phenoxy) is 1. The number of nitrogens with zero attached hydrogens (tertiary/aromatic N) is 3. The van der Waals surface area contributed by atoms with Gasteiger partial charge in [-0.3, -0.25) is 4.98 Å². The first-order chi connectivity index (χ1) is 16.1. The van der Waals surface area contributed by atoms with Crippen LogP contribution >= 0.6 is 12.2 Å². The van der Waals surface area contributed by atoms with E-state index in [1.165, 1.54) is 28.2 Å². The van der Waals surface area contributed by atoms with Crippen molar-refractivity contribution in [3.63, 3.8) is 0 Å². The molecule has 0 radical (unpaired) electrons. The van der Waals surface area contributed by atoms with Gasteiger partial charge in [-0.15, -0.1) is 0 Å². The Morgan fingerprint density at radius 3 is 2.64 bits per heavy atom. The van der Waals surface area contributed by atoms with Crippen LogP contribution in [0.5, 0.6) is 0 Å². The van der Waals surface area contributed by atoms with Crippen molar-refractivity contribution in [2.24, 2.45) is 0 Å². The number of aryl methyl sites for hydroxylation is 2. The van der Waals surface area contributed by atoms with E-state index < -0.39 is 0 Å². The second kappa shape index (κ2) is 9.27. The van der Waals surface area contributed by atoms with Gasteiger partial charge in [0.25, 0.3) is 0 Å². The summed E-state index contributed by atoms with van der Waals surface area (Å²) in [6, 6.07) is 17.4. The summed E-state index contributed by atoms with van der Waals surface area (Å²) in [5, 5.41) is 4.36. The van der Waals surface area contributed by atoms with E-state index in [0.29, 0.717) is 0 Å². The first-order valence-electron chi connectivity index (χ1n) is 11.9. The quantitative estimate of drug-likeness (QED) is 0.512.